The minimum absolute atomic E-state index is 0.190. The Morgan fingerprint density at radius 2 is 1.57 bits per heavy atom. The van der Waals surface area contributed by atoms with Crippen molar-refractivity contribution in [2.24, 2.45) is 0 Å². The summed E-state index contributed by atoms with van der Waals surface area (Å²) < 4.78 is 13.7. The molecule has 136 valence electrons. The summed E-state index contributed by atoms with van der Waals surface area (Å²) in [5.41, 5.74) is 3.63. The lowest BCUT2D eigenvalue weighted by molar-refractivity contribution is 0.483. The molecular weight excluding hydrogens is 350 g/mol. The lowest BCUT2D eigenvalue weighted by atomic mass is 10.00. The molecule has 0 fully saturated rings. The fourth-order valence-electron chi connectivity index (χ4n) is 3.44. The van der Waals surface area contributed by atoms with E-state index in [2.05, 4.69) is 4.98 Å². The predicted octanol–water partition coefficient (Wildman–Crippen LogP) is 5.08. The molecule has 0 aliphatic rings. The Balaban J connectivity index is 1.83. The molecule has 0 aliphatic carbocycles. The van der Waals surface area contributed by atoms with E-state index in [9.17, 15) is 0 Å². The zero-order valence-electron chi connectivity index (χ0n) is 15.0. The van der Waals surface area contributed by atoms with Crippen LogP contribution in [-0.4, -0.2) is 9.55 Å². The molecule has 0 aliphatic heterocycles. The number of aromatic nitrogens is 2. The Kier molecular flexibility index (Phi) is 3.91. The number of hydrogen-bond donors (Lipinski definition) is 1. The first-order chi connectivity index (χ1) is 13.8. The molecule has 5 heteroatoms. The Morgan fingerprint density at radius 1 is 0.857 bits per heavy atom. The van der Waals surface area contributed by atoms with Crippen molar-refractivity contribution >= 4 is 11.1 Å². The van der Waals surface area contributed by atoms with Crippen LogP contribution in [0.1, 0.15) is 5.76 Å². The zero-order valence-corrected chi connectivity index (χ0v) is 15.0. The van der Waals surface area contributed by atoms with Crippen molar-refractivity contribution in [1.29, 1.82) is 5.41 Å². The molecule has 5 rings (SSSR count). The molecule has 28 heavy (non-hydrogen) atoms. The van der Waals surface area contributed by atoms with Crippen molar-refractivity contribution in [3.8, 4) is 22.5 Å². The molecule has 0 saturated carbocycles. The van der Waals surface area contributed by atoms with Crippen molar-refractivity contribution < 1.29 is 8.83 Å². The third-order valence-electron chi connectivity index (χ3n) is 4.72. The number of fused-ring (bicyclic) bond motifs is 1. The van der Waals surface area contributed by atoms with E-state index in [1.165, 1.54) is 0 Å². The summed E-state index contributed by atoms with van der Waals surface area (Å²) in [6.45, 7) is 0.479. The van der Waals surface area contributed by atoms with Crippen molar-refractivity contribution in [2.45, 2.75) is 6.54 Å². The second-order valence-corrected chi connectivity index (χ2v) is 6.52. The van der Waals surface area contributed by atoms with E-state index in [1.807, 2.05) is 77.4 Å². The molecule has 0 bridgehead atoms. The molecular formula is C23H17N3O2. The Hall–Kier alpha value is -3.86. The lowest BCUT2D eigenvalue weighted by Crippen LogP contribution is -2.12. The van der Waals surface area contributed by atoms with E-state index >= 15 is 0 Å². The van der Waals surface area contributed by atoms with E-state index in [0.29, 0.717) is 17.6 Å². The van der Waals surface area contributed by atoms with Gasteiger partial charge >= 0.3 is 0 Å². The Labute approximate surface area is 161 Å². The summed E-state index contributed by atoms with van der Waals surface area (Å²) >= 11 is 0. The van der Waals surface area contributed by atoms with Crippen LogP contribution in [0.4, 0.5) is 0 Å². The first-order valence-corrected chi connectivity index (χ1v) is 9.01. The first-order valence-electron chi connectivity index (χ1n) is 9.01. The van der Waals surface area contributed by atoms with Crippen molar-refractivity contribution in [2.75, 3.05) is 0 Å². The van der Waals surface area contributed by atoms with Crippen LogP contribution in [0.5, 0.6) is 0 Å². The Bertz CT molecular complexity index is 1280. The number of benzene rings is 2. The second kappa shape index (κ2) is 6.70. The molecule has 3 aromatic heterocycles. The van der Waals surface area contributed by atoms with Gasteiger partial charge in [0.15, 0.2) is 5.49 Å². The minimum Gasteiger partial charge on any atom is -0.467 e. The number of nitrogens with one attached hydrogen (secondary N) is 1. The first kappa shape index (κ1) is 16.3. The maximum atomic E-state index is 8.47. The van der Waals surface area contributed by atoms with Crippen LogP contribution in [-0.2, 0) is 6.54 Å². The van der Waals surface area contributed by atoms with Crippen LogP contribution in [0.3, 0.4) is 0 Å². The van der Waals surface area contributed by atoms with Crippen LogP contribution in [0.25, 0.3) is 33.6 Å². The van der Waals surface area contributed by atoms with E-state index in [4.69, 9.17) is 14.2 Å². The number of hydrogen-bond acceptors (Lipinski definition) is 4. The molecule has 1 N–H and O–H groups in total. The second-order valence-electron chi connectivity index (χ2n) is 6.52. The Morgan fingerprint density at radius 3 is 2.25 bits per heavy atom. The van der Waals surface area contributed by atoms with Gasteiger partial charge < -0.3 is 8.83 Å². The van der Waals surface area contributed by atoms with Gasteiger partial charge in [-0.15, -0.1) is 0 Å². The fourth-order valence-corrected chi connectivity index (χ4v) is 3.44. The minimum atomic E-state index is 0.190. The third kappa shape index (κ3) is 2.74. The summed E-state index contributed by atoms with van der Waals surface area (Å²) in [6.07, 6.45) is 3.27. The molecule has 5 nitrogen and oxygen atoms in total. The van der Waals surface area contributed by atoms with Gasteiger partial charge in [-0.1, -0.05) is 60.7 Å². The van der Waals surface area contributed by atoms with Crippen molar-refractivity contribution in [1.82, 2.24) is 9.55 Å². The largest absolute Gasteiger partial charge is 0.467 e. The third-order valence-corrected chi connectivity index (χ3v) is 4.72. The van der Waals surface area contributed by atoms with Gasteiger partial charge in [-0.3, -0.25) is 9.98 Å². The monoisotopic (exact) mass is 367 g/mol. The highest BCUT2D eigenvalue weighted by Gasteiger charge is 2.21. The summed E-state index contributed by atoms with van der Waals surface area (Å²) in [7, 11) is 0. The van der Waals surface area contributed by atoms with Gasteiger partial charge in [0.25, 0.3) is 0 Å². The fraction of sp³-hybridized carbons (Fsp3) is 0.0435. The van der Waals surface area contributed by atoms with Crippen LogP contribution < -0.4 is 5.49 Å². The summed E-state index contributed by atoms with van der Waals surface area (Å²) in [5, 5.41) is 9.16. The van der Waals surface area contributed by atoms with Crippen molar-refractivity contribution in [3.63, 3.8) is 0 Å². The van der Waals surface area contributed by atoms with Crippen LogP contribution in [0.2, 0.25) is 0 Å². The molecule has 0 spiro atoms. The van der Waals surface area contributed by atoms with E-state index in [1.54, 1.807) is 12.6 Å². The maximum Gasteiger partial charge on any atom is 0.213 e. The highest BCUT2D eigenvalue weighted by atomic mass is 16.4. The van der Waals surface area contributed by atoms with E-state index < -0.39 is 0 Å². The highest BCUT2D eigenvalue weighted by molar-refractivity contribution is 5.99. The van der Waals surface area contributed by atoms with Crippen LogP contribution in [0.15, 0.2) is 94.2 Å². The average molecular weight is 367 g/mol. The number of rotatable bonds is 4. The summed E-state index contributed by atoms with van der Waals surface area (Å²) in [5.74, 6) is 1.53. The molecule has 0 amide bonds. The molecule has 3 heterocycles. The van der Waals surface area contributed by atoms with Gasteiger partial charge in [0, 0.05) is 11.1 Å². The smallest absolute Gasteiger partial charge is 0.213 e. The molecule has 0 saturated heterocycles. The summed E-state index contributed by atoms with van der Waals surface area (Å²) in [4.78, 5) is 4.31. The predicted molar refractivity (Wildman–Crippen MR) is 107 cm³/mol. The van der Waals surface area contributed by atoms with Crippen LogP contribution >= 0.6 is 0 Å². The van der Waals surface area contributed by atoms with E-state index in [0.717, 1.165) is 28.2 Å². The van der Waals surface area contributed by atoms with Gasteiger partial charge in [-0.05, 0) is 17.7 Å². The quantitative estimate of drug-likeness (QED) is 0.481. The van der Waals surface area contributed by atoms with Gasteiger partial charge in [0.2, 0.25) is 5.71 Å². The molecule has 5 aromatic rings. The van der Waals surface area contributed by atoms with E-state index in [-0.39, 0.29) is 5.49 Å². The standard InChI is InChI=1S/C23H17N3O2/c24-22-20-19(16-8-3-1-4-9-16)21(17-10-5-2-6-11-17)28-23(20)26(15-25-22)14-18-12-7-13-27-18/h1-13,15,24H,14H2. The lowest BCUT2D eigenvalue weighted by Gasteiger charge is -2.05. The molecule has 2 aromatic carbocycles. The van der Waals surface area contributed by atoms with Gasteiger partial charge in [-0.25, -0.2) is 4.98 Å². The molecule has 0 atom stereocenters. The molecule has 0 radical (unpaired) electrons. The number of nitrogens with zero attached hydrogens (tertiary/aromatic N) is 2. The average Bonchev–Trinajstić information content (AvgIpc) is 3.40. The molecule has 0 unspecified atom stereocenters. The maximum absolute atomic E-state index is 8.47. The van der Waals surface area contributed by atoms with Crippen LogP contribution in [0, 0.1) is 5.41 Å². The van der Waals surface area contributed by atoms with Gasteiger partial charge in [-0.2, -0.15) is 0 Å². The topological polar surface area (TPSA) is 68.0 Å². The highest BCUT2D eigenvalue weighted by Crippen LogP contribution is 2.39. The van der Waals surface area contributed by atoms with Crippen molar-refractivity contribution in [3.05, 3.63) is 96.6 Å². The van der Waals surface area contributed by atoms with Gasteiger partial charge in [0.05, 0.1) is 18.2 Å². The van der Waals surface area contributed by atoms with Gasteiger partial charge in [0.1, 0.15) is 17.8 Å². The summed E-state index contributed by atoms with van der Waals surface area (Å²) in [6, 6.07) is 23.7. The zero-order chi connectivity index (χ0) is 18.9. The SMILES string of the molecule is N=c1ncn(Cc2ccco2)c2oc(-c3ccccc3)c(-c3ccccc3)c12. The normalized spacial score (nSPS) is 11.1. The number of furan rings is 2.